The molecule has 2 aromatic carbocycles. The first-order valence-corrected chi connectivity index (χ1v) is 10.9. The number of benzene rings is 2. The van der Waals surface area contributed by atoms with Crippen molar-refractivity contribution in [3.8, 4) is 11.3 Å². The van der Waals surface area contributed by atoms with Gasteiger partial charge in [-0.1, -0.05) is 18.2 Å². The van der Waals surface area contributed by atoms with Gasteiger partial charge in [0.1, 0.15) is 0 Å². The Morgan fingerprint density at radius 1 is 1.00 bits per heavy atom. The normalized spacial score (nSPS) is 10.4. The maximum Gasteiger partial charge on any atom is 0.338 e. The van der Waals surface area contributed by atoms with Crippen LogP contribution in [0.3, 0.4) is 0 Å². The van der Waals surface area contributed by atoms with Crippen LogP contribution in [0.1, 0.15) is 27.6 Å². The number of thiocarbonyl (C=S) groups is 1. The first kappa shape index (κ1) is 22.8. The fourth-order valence-corrected chi connectivity index (χ4v) is 3.44. The van der Waals surface area contributed by atoms with Gasteiger partial charge in [0.15, 0.2) is 5.11 Å². The lowest BCUT2D eigenvalue weighted by molar-refractivity contribution is 0.0526. The van der Waals surface area contributed by atoms with Gasteiger partial charge in [-0.2, -0.15) is 0 Å². The number of carbonyl (C=O) groups is 2. The third-order valence-corrected chi connectivity index (χ3v) is 5.07. The van der Waals surface area contributed by atoms with Gasteiger partial charge in [0, 0.05) is 29.0 Å². The van der Waals surface area contributed by atoms with Crippen molar-refractivity contribution in [1.82, 2.24) is 20.8 Å². The van der Waals surface area contributed by atoms with E-state index in [0.717, 1.165) is 5.56 Å². The second kappa shape index (κ2) is 10.5. The summed E-state index contributed by atoms with van der Waals surface area (Å²) < 4.78 is 4.97. The summed E-state index contributed by atoms with van der Waals surface area (Å²) in [6, 6.07) is 19.5. The molecule has 0 aliphatic carbocycles. The van der Waals surface area contributed by atoms with Crippen LogP contribution in [-0.4, -0.2) is 33.6 Å². The number of carbonyl (C=O) groups excluding carboxylic acids is 2. The zero-order valence-corrected chi connectivity index (χ0v) is 19.1. The number of hydrazine groups is 1. The third-order valence-electron chi connectivity index (χ3n) is 4.86. The average Bonchev–Trinajstić information content (AvgIpc) is 2.87. The molecule has 1 amide bonds. The van der Waals surface area contributed by atoms with Crippen molar-refractivity contribution in [2.24, 2.45) is 0 Å². The first-order valence-electron chi connectivity index (χ1n) is 10.5. The van der Waals surface area contributed by atoms with E-state index in [1.807, 2.05) is 36.4 Å². The SMILES string of the molecule is CCOC(=O)c1ccc(NC(=S)NNC(=O)c2cc(-c3cccnc3)nc3ccccc23)cc1. The highest BCUT2D eigenvalue weighted by atomic mass is 32.1. The van der Waals surface area contributed by atoms with E-state index < -0.39 is 5.97 Å². The molecule has 9 heteroatoms. The molecule has 0 bridgehead atoms. The fraction of sp³-hybridized carbons (Fsp3) is 0.0800. The van der Waals surface area contributed by atoms with E-state index in [4.69, 9.17) is 17.0 Å². The van der Waals surface area contributed by atoms with Gasteiger partial charge in [-0.15, -0.1) is 0 Å². The molecule has 0 atom stereocenters. The Morgan fingerprint density at radius 2 is 1.79 bits per heavy atom. The number of pyridine rings is 2. The van der Waals surface area contributed by atoms with Crippen LogP contribution in [0.5, 0.6) is 0 Å². The largest absolute Gasteiger partial charge is 0.462 e. The Hall–Kier alpha value is -4.37. The number of hydrogen-bond acceptors (Lipinski definition) is 6. The van der Waals surface area contributed by atoms with Crippen molar-refractivity contribution in [2.75, 3.05) is 11.9 Å². The predicted octanol–water partition coefficient (Wildman–Crippen LogP) is 4.10. The number of hydrogen-bond donors (Lipinski definition) is 3. The molecule has 0 fully saturated rings. The molecule has 34 heavy (non-hydrogen) atoms. The molecule has 8 nitrogen and oxygen atoms in total. The lowest BCUT2D eigenvalue weighted by Crippen LogP contribution is -2.43. The number of amides is 1. The molecule has 4 aromatic rings. The maximum absolute atomic E-state index is 13.0. The second-order valence-corrected chi connectivity index (χ2v) is 7.55. The van der Waals surface area contributed by atoms with Gasteiger partial charge >= 0.3 is 5.97 Å². The molecule has 3 N–H and O–H groups in total. The average molecular weight is 472 g/mol. The number of esters is 1. The van der Waals surface area contributed by atoms with Crippen molar-refractivity contribution in [2.45, 2.75) is 6.92 Å². The van der Waals surface area contributed by atoms with Gasteiger partial charge < -0.3 is 10.1 Å². The van der Waals surface area contributed by atoms with Crippen molar-refractivity contribution in [3.63, 3.8) is 0 Å². The van der Waals surface area contributed by atoms with Crippen molar-refractivity contribution in [3.05, 3.63) is 90.3 Å². The lowest BCUT2D eigenvalue weighted by Gasteiger charge is -2.14. The van der Waals surface area contributed by atoms with Crippen LogP contribution in [0.4, 0.5) is 5.69 Å². The van der Waals surface area contributed by atoms with Crippen molar-refractivity contribution < 1.29 is 14.3 Å². The molecular formula is C25H21N5O3S. The van der Waals surface area contributed by atoms with E-state index in [2.05, 4.69) is 26.1 Å². The minimum Gasteiger partial charge on any atom is -0.462 e. The number of rotatable bonds is 5. The van der Waals surface area contributed by atoms with Crippen LogP contribution < -0.4 is 16.2 Å². The van der Waals surface area contributed by atoms with Crippen LogP contribution in [0.15, 0.2) is 79.1 Å². The van der Waals surface area contributed by atoms with Crippen LogP contribution in [0.25, 0.3) is 22.2 Å². The smallest absolute Gasteiger partial charge is 0.338 e. The Balaban J connectivity index is 1.46. The highest BCUT2D eigenvalue weighted by molar-refractivity contribution is 7.80. The molecule has 0 spiro atoms. The molecule has 0 radical (unpaired) electrons. The highest BCUT2D eigenvalue weighted by Gasteiger charge is 2.14. The predicted molar refractivity (Wildman–Crippen MR) is 134 cm³/mol. The van der Waals surface area contributed by atoms with Gasteiger partial charge in [0.25, 0.3) is 5.91 Å². The fourth-order valence-electron chi connectivity index (χ4n) is 3.27. The van der Waals surface area contributed by atoms with Crippen LogP contribution in [-0.2, 0) is 4.74 Å². The summed E-state index contributed by atoms with van der Waals surface area (Å²) in [5.41, 5.74) is 9.00. The van der Waals surface area contributed by atoms with Crippen LogP contribution >= 0.6 is 12.2 Å². The third kappa shape index (κ3) is 5.33. The number of para-hydroxylation sites is 1. The first-order chi connectivity index (χ1) is 16.5. The number of anilines is 1. The van der Waals surface area contributed by atoms with E-state index in [1.54, 1.807) is 49.6 Å². The number of aromatic nitrogens is 2. The minimum atomic E-state index is -0.391. The molecule has 2 aromatic heterocycles. The molecular weight excluding hydrogens is 450 g/mol. The van der Waals surface area contributed by atoms with Gasteiger partial charge in [-0.25, -0.2) is 9.78 Å². The van der Waals surface area contributed by atoms with Gasteiger partial charge in [0.05, 0.1) is 28.9 Å². The van der Waals surface area contributed by atoms with Gasteiger partial charge in [-0.05, 0) is 67.7 Å². The molecule has 0 aliphatic heterocycles. The summed E-state index contributed by atoms with van der Waals surface area (Å²) in [5, 5.41) is 3.85. The number of nitrogens with one attached hydrogen (secondary N) is 3. The standard InChI is InChI=1S/C25H21N5O3S/c1-2-33-24(32)16-9-11-18(12-10-16)27-25(34)30-29-23(31)20-14-22(17-6-5-13-26-15-17)28-21-8-4-3-7-19(20)21/h3-15H,2H2,1H3,(H,29,31)(H2,27,30,34). The van der Waals surface area contributed by atoms with E-state index in [1.165, 1.54) is 0 Å². The number of ether oxygens (including phenoxy) is 1. The lowest BCUT2D eigenvalue weighted by atomic mass is 10.0. The van der Waals surface area contributed by atoms with E-state index >= 15 is 0 Å². The molecule has 170 valence electrons. The Bertz CT molecular complexity index is 1340. The molecule has 4 rings (SSSR count). The molecule has 0 aliphatic rings. The molecule has 2 heterocycles. The van der Waals surface area contributed by atoms with E-state index in [9.17, 15) is 9.59 Å². The summed E-state index contributed by atoms with van der Waals surface area (Å²) >= 11 is 5.28. The number of nitrogens with zero attached hydrogens (tertiary/aromatic N) is 2. The molecule has 0 unspecified atom stereocenters. The highest BCUT2D eigenvalue weighted by Crippen LogP contribution is 2.24. The summed E-state index contributed by atoms with van der Waals surface area (Å²) in [4.78, 5) is 33.6. The molecule has 0 saturated heterocycles. The number of fused-ring (bicyclic) bond motifs is 1. The van der Waals surface area contributed by atoms with Crippen molar-refractivity contribution >= 4 is 45.8 Å². The monoisotopic (exact) mass is 471 g/mol. The summed E-state index contributed by atoms with van der Waals surface area (Å²) in [6.07, 6.45) is 3.38. The zero-order chi connectivity index (χ0) is 23.9. The van der Waals surface area contributed by atoms with Crippen molar-refractivity contribution in [1.29, 1.82) is 0 Å². The van der Waals surface area contributed by atoms with Gasteiger partial charge in [-0.3, -0.25) is 20.6 Å². The zero-order valence-electron chi connectivity index (χ0n) is 18.2. The Labute approximate surface area is 201 Å². The second-order valence-electron chi connectivity index (χ2n) is 7.14. The van der Waals surface area contributed by atoms with Crippen LogP contribution in [0, 0.1) is 0 Å². The summed E-state index contributed by atoms with van der Waals surface area (Å²) in [6.45, 7) is 2.06. The quantitative estimate of drug-likeness (QED) is 0.227. The van der Waals surface area contributed by atoms with E-state index in [-0.39, 0.29) is 11.0 Å². The summed E-state index contributed by atoms with van der Waals surface area (Å²) in [7, 11) is 0. The molecule has 0 saturated carbocycles. The minimum absolute atomic E-state index is 0.183. The van der Waals surface area contributed by atoms with Crippen LogP contribution in [0.2, 0.25) is 0 Å². The van der Waals surface area contributed by atoms with Gasteiger partial charge in [0.2, 0.25) is 0 Å². The summed E-state index contributed by atoms with van der Waals surface area (Å²) in [5.74, 6) is -0.761. The Kier molecular flexibility index (Phi) is 7.04. The topological polar surface area (TPSA) is 105 Å². The van der Waals surface area contributed by atoms with E-state index in [0.29, 0.717) is 40.0 Å². The Morgan fingerprint density at radius 3 is 2.53 bits per heavy atom. The maximum atomic E-state index is 13.0.